The second kappa shape index (κ2) is 6.41. The predicted octanol–water partition coefficient (Wildman–Crippen LogP) is 5.14. The number of benzene rings is 1. The van der Waals surface area contributed by atoms with E-state index in [2.05, 4.69) is 27.8 Å². The summed E-state index contributed by atoms with van der Waals surface area (Å²) in [4.78, 5) is 4.08. The van der Waals surface area contributed by atoms with Gasteiger partial charge in [-0.1, -0.05) is 29.9 Å². The molecule has 0 spiro atoms. The Morgan fingerprint density at radius 1 is 1.44 bits per heavy atom. The Bertz CT molecular complexity index is 533. The smallest absolute Gasteiger partial charge is 0.279 e. The summed E-state index contributed by atoms with van der Waals surface area (Å²) in [5, 5.41) is 1.06. The fourth-order valence-corrected chi connectivity index (χ4v) is 2.49. The van der Waals surface area contributed by atoms with Gasteiger partial charge in [0, 0.05) is 6.07 Å². The molecule has 0 radical (unpaired) electrons. The van der Waals surface area contributed by atoms with Gasteiger partial charge in [0.2, 0.25) is 0 Å². The Balaban J connectivity index is 2.09. The maximum atomic E-state index is 6.13. The summed E-state index contributed by atoms with van der Waals surface area (Å²) >= 11 is 10.9. The normalized spacial score (nSPS) is 10.4. The SMILES string of the molecule is CCCOc1ccc(Oc2ncc(Br)s2)c(Cl)c1. The molecule has 1 aromatic carbocycles. The van der Waals surface area contributed by atoms with Crippen LogP contribution in [0.4, 0.5) is 0 Å². The number of aromatic nitrogens is 1. The molecule has 0 fully saturated rings. The zero-order valence-electron chi connectivity index (χ0n) is 9.65. The predicted molar refractivity (Wildman–Crippen MR) is 77.1 cm³/mol. The lowest BCUT2D eigenvalue weighted by Crippen LogP contribution is -1.95. The quantitative estimate of drug-likeness (QED) is 0.749. The third-order valence-electron chi connectivity index (χ3n) is 2.03. The van der Waals surface area contributed by atoms with Gasteiger partial charge in [-0.3, -0.25) is 0 Å². The molecule has 3 nitrogen and oxygen atoms in total. The van der Waals surface area contributed by atoms with Gasteiger partial charge in [0.1, 0.15) is 11.5 Å². The molecule has 0 saturated carbocycles. The van der Waals surface area contributed by atoms with E-state index in [0.717, 1.165) is 16.0 Å². The van der Waals surface area contributed by atoms with E-state index >= 15 is 0 Å². The van der Waals surface area contributed by atoms with E-state index in [-0.39, 0.29) is 0 Å². The highest BCUT2D eigenvalue weighted by atomic mass is 79.9. The van der Waals surface area contributed by atoms with Gasteiger partial charge in [0.15, 0.2) is 0 Å². The topological polar surface area (TPSA) is 31.4 Å². The summed E-state index contributed by atoms with van der Waals surface area (Å²) in [6.07, 6.45) is 2.65. The van der Waals surface area contributed by atoms with Crippen molar-refractivity contribution < 1.29 is 9.47 Å². The van der Waals surface area contributed by atoms with Crippen LogP contribution in [0.15, 0.2) is 28.2 Å². The number of halogens is 2. The molecule has 0 atom stereocenters. The van der Waals surface area contributed by atoms with Crippen LogP contribution in [0.3, 0.4) is 0 Å². The van der Waals surface area contributed by atoms with Crippen molar-refractivity contribution in [1.82, 2.24) is 4.98 Å². The van der Waals surface area contributed by atoms with Crippen LogP contribution in [-0.2, 0) is 0 Å². The maximum Gasteiger partial charge on any atom is 0.279 e. The van der Waals surface area contributed by atoms with Crippen LogP contribution in [0.1, 0.15) is 13.3 Å². The van der Waals surface area contributed by atoms with E-state index in [1.54, 1.807) is 18.3 Å². The number of hydrogen-bond donors (Lipinski definition) is 0. The van der Waals surface area contributed by atoms with Crippen LogP contribution in [0, 0.1) is 0 Å². The lowest BCUT2D eigenvalue weighted by Gasteiger charge is -2.08. The Morgan fingerprint density at radius 2 is 2.28 bits per heavy atom. The number of rotatable bonds is 5. The Kier molecular flexibility index (Phi) is 4.86. The standard InChI is InChI=1S/C12H11BrClNO2S/c1-2-5-16-8-3-4-10(9(14)6-8)17-12-15-7-11(13)18-12/h3-4,6-7H,2,5H2,1H3. The molecule has 18 heavy (non-hydrogen) atoms. The fraction of sp³-hybridized carbons (Fsp3) is 0.250. The molecule has 1 heterocycles. The fourth-order valence-electron chi connectivity index (χ4n) is 1.25. The van der Waals surface area contributed by atoms with Crippen LogP contribution in [0.5, 0.6) is 16.7 Å². The zero-order chi connectivity index (χ0) is 13.0. The van der Waals surface area contributed by atoms with Gasteiger partial charge in [-0.15, -0.1) is 0 Å². The Labute approximate surface area is 123 Å². The monoisotopic (exact) mass is 347 g/mol. The first-order valence-electron chi connectivity index (χ1n) is 5.40. The lowest BCUT2D eigenvalue weighted by molar-refractivity contribution is 0.317. The number of ether oxygens (including phenoxy) is 2. The third kappa shape index (κ3) is 3.60. The van der Waals surface area contributed by atoms with E-state index in [9.17, 15) is 0 Å². The second-order valence-corrected chi connectivity index (χ2v) is 6.25. The molecule has 0 unspecified atom stereocenters. The number of hydrogen-bond acceptors (Lipinski definition) is 4. The van der Waals surface area contributed by atoms with Gasteiger partial charge < -0.3 is 9.47 Å². The van der Waals surface area contributed by atoms with Crippen LogP contribution >= 0.6 is 38.9 Å². The molecule has 0 bridgehead atoms. The highest BCUT2D eigenvalue weighted by Gasteiger charge is 2.07. The largest absolute Gasteiger partial charge is 0.494 e. The van der Waals surface area contributed by atoms with Crippen molar-refractivity contribution in [2.75, 3.05) is 6.61 Å². The molecule has 0 saturated heterocycles. The molecular weight excluding hydrogens is 338 g/mol. The minimum absolute atomic E-state index is 0.509. The summed E-state index contributed by atoms with van der Waals surface area (Å²) in [5.41, 5.74) is 0. The molecule has 0 aliphatic rings. The van der Waals surface area contributed by atoms with Gasteiger partial charge in [0.25, 0.3) is 5.19 Å². The summed E-state index contributed by atoms with van der Waals surface area (Å²) in [6, 6.07) is 5.36. The van der Waals surface area contributed by atoms with Crippen molar-refractivity contribution >= 4 is 38.9 Å². The number of nitrogens with zero attached hydrogens (tertiary/aromatic N) is 1. The minimum atomic E-state index is 0.509. The van der Waals surface area contributed by atoms with Gasteiger partial charge in [0.05, 0.1) is 21.6 Å². The Hall–Kier alpha value is -0.780. The molecule has 2 aromatic rings. The van der Waals surface area contributed by atoms with Gasteiger partial charge in [-0.25, -0.2) is 4.98 Å². The third-order valence-corrected chi connectivity index (χ3v) is 3.68. The molecule has 6 heteroatoms. The van der Waals surface area contributed by atoms with E-state index in [0.29, 0.717) is 22.6 Å². The summed E-state index contributed by atoms with van der Waals surface area (Å²) in [5.74, 6) is 1.32. The minimum Gasteiger partial charge on any atom is -0.494 e. The first kappa shape index (κ1) is 13.6. The molecule has 0 aliphatic heterocycles. The summed E-state index contributed by atoms with van der Waals surface area (Å²) in [6.45, 7) is 2.73. The second-order valence-electron chi connectivity index (χ2n) is 3.47. The van der Waals surface area contributed by atoms with Crippen molar-refractivity contribution in [3.8, 4) is 16.7 Å². The van der Waals surface area contributed by atoms with Crippen molar-refractivity contribution in [3.05, 3.63) is 33.2 Å². The van der Waals surface area contributed by atoms with Crippen LogP contribution in [0.2, 0.25) is 5.02 Å². The average molecular weight is 349 g/mol. The van der Waals surface area contributed by atoms with Crippen molar-refractivity contribution in [2.24, 2.45) is 0 Å². The van der Waals surface area contributed by atoms with Gasteiger partial charge in [-0.05, 0) is 34.5 Å². The first-order chi connectivity index (χ1) is 8.69. The van der Waals surface area contributed by atoms with Gasteiger partial charge >= 0.3 is 0 Å². The Morgan fingerprint density at radius 3 is 2.89 bits per heavy atom. The maximum absolute atomic E-state index is 6.13. The molecule has 2 rings (SSSR count). The molecular formula is C12H11BrClNO2S. The van der Waals surface area contributed by atoms with E-state index in [1.165, 1.54) is 11.3 Å². The highest BCUT2D eigenvalue weighted by Crippen LogP contribution is 2.35. The van der Waals surface area contributed by atoms with E-state index < -0.39 is 0 Å². The number of thiazole rings is 1. The molecule has 96 valence electrons. The first-order valence-corrected chi connectivity index (χ1v) is 7.39. The van der Waals surface area contributed by atoms with Crippen LogP contribution in [0.25, 0.3) is 0 Å². The molecule has 0 N–H and O–H groups in total. The van der Waals surface area contributed by atoms with Crippen molar-refractivity contribution in [3.63, 3.8) is 0 Å². The van der Waals surface area contributed by atoms with Crippen LogP contribution in [-0.4, -0.2) is 11.6 Å². The lowest BCUT2D eigenvalue weighted by atomic mass is 10.3. The average Bonchev–Trinajstić information content (AvgIpc) is 2.75. The van der Waals surface area contributed by atoms with Crippen LogP contribution < -0.4 is 9.47 Å². The van der Waals surface area contributed by atoms with E-state index in [4.69, 9.17) is 21.1 Å². The van der Waals surface area contributed by atoms with E-state index in [1.807, 2.05) is 6.07 Å². The van der Waals surface area contributed by atoms with Crippen molar-refractivity contribution in [2.45, 2.75) is 13.3 Å². The summed E-state index contributed by atoms with van der Waals surface area (Å²) in [7, 11) is 0. The molecule has 0 amide bonds. The molecule has 1 aromatic heterocycles. The summed E-state index contributed by atoms with van der Waals surface area (Å²) < 4.78 is 12.0. The van der Waals surface area contributed by atoms with Crippen molar-refractivity contribution in [1.29, 1.82) is 0 Å². The molecule has 0 aliphatic carbocycles. The van der Waals surface area contributed by atoms with Gasteiger partial charge in [-0.2, -0.15) is 0 Å². The highest BCUT2D eigenvalue weighted by molar-refractivity contribution is 9.11. The zero-order valence-corrected chi connectivity index (χ0v) is 12.8.